The van der Waals surface area contributed by atoms with Gasteiger partial charge in [-0.2, -0.15) is 0 Å². The molecule has 1 heterocycles. The summed E-state index contributed by atoms with van der Waals surface area (Å²) in [7, 11) is 0. The Kier molecular flexibility index (Phi) is 2.05. The minimum absolute atomic E-state index is 0.178. The molecule has 0 radical (unpaired) electrons. The lowest BCUT2D eigenvalue weighted by molar-refractivity contribution is 0.273. The lowest BCUT2D eigenvalue weighted by Gasteiger charge is -1.91. The number of imidazole rings is 1. The van der Waals surface area contributed by atoms with E-state index in [0.29, 0.717) is 21.3 Å². The molecule has 1 aromatic heterocycles. The minimum atomic E-state index is -0.340. The molecule has 0 amide bonds. The summed E-state index contributed by atoms with van der Waals surface area (Å²) in [6.45, 7) is -0.178. The monoisotopic (exact) mass is 244 g/mol. The first-order valence-corrected chi connectivity index (χ1v) is 4.44. The number of nitrogens with zero attached hydrogens (tertiary/aromatic N) is 1. The second-order valence-electron chi connectivity index (χ2n) is 2.63. The first kappa shape index (κ1) is 8.65. The maximum absolute atomic E-state index is 12.9. The molecule has 0 unspecified atom stereocenters. The maximum atomic E-state index is 12.9. The second-order valence-corrected chi connectivity index (χ2v) is 3.48. The van der Waals surface area contributed by atoms with Gasteiger partial charge in [0.2, 0.25) is 0 Å². The van der Waals surface area contributed by atoms with Crippen molar-refractivity contribution >= 4 is 27.0 Å². The van der Waals surface area contributed by atoms with Crippen molar-refractivity contribution in [3.05, 3.63) is 28.2 Å². The second kappa shape index (κ2) is 3.08. The Balaban J connectivity index is 2.75. The van der Waals surface area contributed by atoms with Gasteiger partial charge in [0.25, 0.3) is 0 Å². The number of H-pyrrole nitrogens is 1. The van der Waals surface area contributed by atoms with E-state index in [1.807, 2.05) is 0 Å². The van der Waals surface area contributed by atoms with Gasteiger partial charge in [-0.25, -0.2) is 9.37 Å². The molecule has 1 aromatic carbocycles. The third-order valence-electron chi connectivity index (χ3n) is 1.70. The van der Waals surface area contributed by atoms with Gasteiger partial charge in [-0.15, -0.1) is 0 Å². The number of hydrogen-bond acceptors (Lipinski definition) is 2. The average molecular weight is 245 g/mol. The van der Waals surface area contributed by atoms with Crippen molar-refractivity contribution in [3.63, 3.8) is 0 Å². The molecule has 0 saturated carbocycles. The molecule has 0 aliphatic rings. The molecule has 13 heavy (non-hydrogen) atoms. The van der Waals surface area contributed by atoms with Gasteiger partial charge in [-0.05, 0) is 28.1 Å². The molecule has 5 heteroatoms. The van der Waals surface area contributed by atoms with Crippen molar-refractivity contribution in [2.24, 2.45) is 0 Å². The lowest BCUT2D eigenvalue weighted by Crippen LogP contribution is -1.83. The predicted octanol–water partition coefficient (Wildman–Crippen LogP) is 1.96. The molecule has 0 bridgehead atoms. The maximum Gasteiger partial charge on any atom is 0.133 e. The van der Waals surface area contributed by atoms with Crippen molar-refractivity contribution in [2.75, 3.05) is 0 Å². The summed E-state index contributed by atoms with van der Waals surface area (Å²) in [4.78, 5) is 6.85. The summed E-state index contributed by atoms with van der Waals surface area (Å²) in [5.74, 6) is 0.0915. The molecule has 0 atom stereocenters. The molecule has 68 valence electrons. The molecule has 0 aliphatic heterocycles. The quantitative estimate of drug-likeness (QED) is 0.806. The number of aromatic nitrogens is 2. The highest BCUT2D eigenvalue weighted by molar-refractivity contribution is 9.10. The Hall–Kier alpha value is -0.940. The largest absolute Gasteiger partial charge is 0.388 e. The molecule has 0 aliphatic carbocycles. The van der Waals surface area contributed by atoms with Crippen LogP contribution < -0.4 is 0 Å². The Labute approximate surface area is 81.7 Å². The highest BCUT2D eigenvalue weighted by Crippen LogP contribution is 2.23. The number of benzene rings is 1. The summed E-state index contributed by atoms with van der Waals surface area (Å²) in [5, 5.41) is 8.80. The van der Waals surface area contributed by atoms with E-state index in [0.717, 1.165) is 0 Å². The normalized spacial score (nSPS) is 11.0. The summed E-state index contributed by atoms with van der Waals surface area (Å²) >= 11 is 3.19. The van der Waals surface area contributed by atoms with Crippen LogP contribution >= 0.6 is 15.9 Å². The summed E-state index contributed by atoms with van der Waals surface area (Å²) in [6, 6.07) is 2.68. The summed E-state index contributed by atoms with van der Waals surface area (Å²) < 4.78 is 13.5. The molecule has 2 rings (SSSR count). The number of aliphatic hydroxyl groups is 1. The fourth-order valence-electron chi connectivity index (χ4n) is 1.17. The zero-order valence-electron chi connectivity index (χ0n) is 6.51. The van der Waals surface area contributed by atoms with E-state index in [-0.39, 0.29) is 12.4 Å². The third kappa shape index (κ3) is 1.45. The van der Waals surface area contributed by atoms with Crippen molar-refractivity contribution < 1.29 is 9.50 Å². The van der Waals surface area contributed by atoms with Crippen LogP contribution in [0.1, 0.15) is 5.82 Å². The van der Waals surface area contributed by atoms with Crippen LogP contribution in [0, 0.1) is 5.82 Å². The van der Waals surface area contributed by atoms with Crippen LogP contribution in [0.3, 0.4) is 0 Å². The van der Waals surface area contributed by atoms with Crippen LogP contribution in [-0.2, 0) is 6.61 Å². The van der Waals surface area contributed by atoms with Crippen molar-refractivity contribution in [1.82, 2.24) is 9.97 Å². The number of nitrogens with one attached hydrogen (secondary N) is 1. The summed E-state index contributed by atoms with van der Waals surface area (Å²) in [6.07, 6.45) is 0. The first-order chi connectivity index (χ1) is 6.20. The van der Waals surface area contributed by atoms with E-state index in [1.165, 1.54) is 12.1 Å². The van der Waals surface area contributed by atoms with E-state index in [4.69, 9.17) is 5.11 Å². The zero-order chi connectivity index (χ0) is 9.42. The lowest BCUT2D eigenvalue weighted by atomic mass is 10.3. The molecule has 2 N–H and O–H groups in total. The zero-order valence-corrected chi connectivity index (χ0v) is 8.10. The van der Waals surface area contributed by atoms with Crippen LogP contribution in [0.5, 0.6) is 0 Å². The average Bonchev–Trinajstić information content (AvgIpc) is 2.47. The number of hydrogen-bond donors (Lipinski definition) is 2. The predicted molar refractivity (Wildman–Crippen MR) is 49.7 cm³/mol. The van der Waals surface area contributed by atoms with Gasteiger partial charge in [-0.1, -0.05) is 0 Å². The van der Waals surface area contributed by atoms with E-state index in [9.17, 15) is 4.39 Å². The van der Waals surface area contributed by atoms with E-state index in [2.05, 4.69) is 25.9 Å². The van der Waals surface area contributed by atoms with Crippen molar-refractivity contribution in [2.45, 2.75) is 6.61 Å². The van der Waals surface area contributed by atoms with Gasteiger partial charge in [-0.3, -0.25) is 0 Å². The Morgan fingerprint density at radius 2 is 2.31 bits per heavy atom. The van der Waals surface area contributed by atoms with Gasteiger partial charge in [0, 0.05) is 4.47 Å². The minimum Gasteiger partial charge on any atom is -0.388 e. The van der Waals surface area contributed by atoms with Gasteiger partial charge in [0.1, 0.15) is 23.8 Å². The van der Waals surface area contributed by atoms with Crippen molar-refractivity contribution in [3.8, 4) is 0 Å². The Bertz CT molecular complexity index is 455. The molecule has 3 nitrogen and oxygen atoms in total. The van der Waals surface area contributed by atoms with Crippen LogP contribution in [-0.4, -0.2) is 15.1 Å². The molecular formula is C8H6BrFN2O. The Morgan fingerprint density at radius 3 is 3.00 bits per heavy atom. The van der Waals surface area contributed by atoms with Crippen LogP contribution in [0.4, 0.5) is 4.39 Å². The Morgan fingerprint density at radius 1 is 1.54 bits per heavy atom. The van der Waals surface area contributed by atoms with E-state index >= 15 is 0 Å². The van der Waals surface area contributed by atoms with Crippen molar-refractivity contribution in [1.29, 1.82) is 0 Å². The molecule has 0 spiro atoms. The highest BCUT2D eigenvalue weighted by Gasteiger charge is 2.06. The molecular weight excluding hydrogens is 239 g/mol. The van der Waals surface area contributed by atoms with Gasteiger partial charge < -0.3 is 10.1 Å². The van der Waals surface area contributed by atoms with E-state index in [1.54, 1.807) is 0 Å². The fourth-order valence-corrected chi connectivity index (χ4v) is 1.69. The van der Waals surface area contributed by atoms with Gasteiger partial charge in [0.05, 0.1) is 5.52 Å². The number of rotatable bonds is 1. The van der Waals surface area contributed by atoms with E-state index < -0.39 is 0 Å². The molecule has 0 saturated heterocycles. The van der Waals surface area contributed by atoms with Gasteiger partial charge in [0.15, 0.2) is 0 Å². The molecule has 0 fully saturated rings. The van der Waals surface area contributed by atoms with Crippen LogP contribution in [0.25, 0.3) is 11.0 Å². The molecule has 2 aromatic rings. The van der Waals surface area contributed by atoms with Crippen LogP contribution in [0.2, 0.25) is 0 Å². The highest BCUT2D eigenvalue weighted by atomic mass is 79.9. The number of aliphatic hydroxyl groups excluding tert-OH is 1. The van der Waals surface area contributed by atoms with Gasteiger partial charge >= 0.3 is 0 Å². The third-order valence-corrected chi connectivity index (χ3v) is 2.31. The SMILES string of the molecule is OCc1nc2c(Br)cc(F)cc2[nH]1. The summed E-state index contributed by atoms with van der Waals surface area (Å²) in [5.41, 5.74) is 1.21. The number of fused-ring (bicyclic) bond motifs is 1. The number of halogens is 2. The number of aromatic amines is 1. The standard InChI is InChI=1S/C8H6BrFN2O/c9-5-1-4(10)2-6-8(5)12-7(3-13)11-6/h1-2,13H,3H2,(H,11,12). The fraction of sp³-hybridized carbons (Fsp3) is 0.125. The topological polar surface area (TPSA) is 48.9 Å². The smallest absolute Gasteiger partial charge is 0.133 e. The first-order valence-electron chi connectivity index (χ1n) is 3.65. The van der Waals surface area contributed by atoms with Crippen LogP contribution in [0.15, 0.2) is 16.6 Å².